The monoisotopic (exact) mass is 522 g/mol. The van der Waals surface area contributed by atoms with Crippen LogP contribution in [0.1, 0.15) is 67.7 Å². The summed E-state index contributed by atoms with van der Waals surface area (Å²) >= 11 is 0. The maximum absolute atomic E-state index is 12.7. The Morgan fingerprint density at radius 1 is 0.972 bits per heavy atom. The predicted octanol–water partition coefficient (Wildman–Crippen LogP) is 9.10. The summed E-state index contributed by atoms with van der Waals surface area (Å²) in [6.45, 7) is 18.9. The van der Waals surface area contributed by atoms with Gasteiger partial charge in [0.15, 0.2) is 0 Å². The van der Waals surface area contributed by atoms with E-state index in [0.717, 1.165) is 37.5 Å². The molecule has 0 spiro atoms. The molecule has 36 heavy (non-hydrogen) atoms. The van der Waals surface area contributed by atoms with E-state index in [1.807, 2.05) is 6.92 Å². The number of halogens is 6. The second-order valence-electron chi connectivity index (χ2n) is 8.81. The molecule has 3 nitrogen and oxygen atoms in total. The zero-order valence-corrected chi connectivity index (χ0v) is 22.3. The number of hydrogen-bond donors (Lipinski definition) is 2. The van der Waals surface area contributed by atoms with Crippen LogP contribution in [-0.2, 0) is 0 Å². The topological polar surface area (TPSA) is 41.1 Å². The van der Waals surface area contributed by atoms with Gasteiger partial charge in [-0.3, -0.25) is 0 Å². The van der Waals surface area contributed by atoms with Gasteiger partial charge in [0.25, 0.3) is 0 Å². The largest absolute Gasteiger partial charge is 0.416 e. The van der Waals surface area contributed by atoms with Crippen molar-refractivity contribution in [1.29, 1.82) is 0 Å². The highest BCUT2D eigenvalue weighted by Gasteiger charge is 2.32. The molecule has 0 aromatic heterocycles. The Bertz CT molecular complexity index is 839. The van der Waals surface area contributed by atoms with E-state index >= 15 is 0 Å². The number of allylic oxidation sites excluding steroid dienone is 9. The minimum atomic E-state index is -4.50. The van der Waals surface area contributed by atoms with E-state index in [9.17, 15) is 31.1 Å². The van der Waals surface area contributed by atoms with E-state index in [2.05, 4.69) is 37.6 Å². The zero-order valence-electron chi connectivity index (χ0n) is 22.3. The summed E-state index contributed by atoms with van der Waals surface area (Å²) < 4.78 is 74.9. The molecule has 0 fully saturated rings. The lowest BCUT2D eigenvalue weighted by molar-refractivity contribution is -0.0895. The summed E-state index contributed by atoms with van der Waals surface area (Å²) in [4.78, 5) is 11.9. The van der Waals surface area contributed by atoms with E-state index < -0.39 is 29.5 Å². The van der Waals surface area contributed by atoms with Crippen molar-refractivity contribution in [1.82, 2.24) is 10.6 Å². The van der Waals surface area contributed by atoms with Crippen LogP contribution in [-0.4, -0.2) is 24.4 Å². The molecule has 0 aliphatic rings. The molecule has 1 unspecified atom stereocenters. The predicted molar refractivity (Wildman–Crippen MR) is 136 cm³/mol. The van der Waals surface area contributed by atoms with Gasteiger partial charge in [-0.05, 0) is 65.0 Å². The highest BCUT2D eigenvalue weighted by atomic mass is 19.4. The second kappa shape index (κ2) is 16.9. The number of carbonyl (C=O) groups excluding carboxylic acids is 1. The Hall–Kier alpha value is -2.71. The smallest absolute Gasteiger partial charge is 0.335 e. The number of urea groups is 1. The second-order valence-corrected chi connectivity index (χ2v) is 8.81. The SMILES string of the molecule is C=C(C)/C=C\C(=C(C)C)C(F)(F)F.C=C/C(=C\C(=C/C)NC(=O)NC(CC)CCC(C)C)C(F)(F)F. The fraction of sp³-hybridized carbons (Fsp3) is 0.519. The van der Waals surface area contributed by atoms with Gasteiger partial charge in [0.2, 0.25) is 0 Å². The highest BCUT2D eigenvalue weighted by molar-refractivity contribution is 5.76. The third-order valence-electron chi connectivity index (χ3n) is 4.73. The van der Waals surface area contributed by atoms with E-state index in [4.69, 9.17) is 0 Å². The van der Waals surface area contributed by atoms with Crippen LogP contribution in [0.25, 0.3) is 0 Å². The molecule has 2 N–H and O–H groups in total. The standard InChI is InChI=1S/C17H27F3N2O.C10H13F3/c1-6-13(17(18,19)20)11-15(8-3)22-16(23)21-14(7-2)10-9-12(4)5;1-7(2)5-6-9(8(3)4)10(11,12)13/h6,8,11-12,14H,1,7,9-10H2,2-5H3,(H2,21,22,23);5-6H,1H2,2-4H3/b13-11+,15-8+;6-5-. The number of carbonyl (C=O) groups is 1. The number of nitrogens with one attached hydrogen (secondary N) is 2. The van der Waals surface area contributed by atoms with Crippen LogP contribution in [0.2, 0.25) is 0 Å². The summed E-state index contributed by atoms with van der Waals surface area (Å²) in [7, 11) is 0. The molecule has 0 saturated carbocycles. The summed E-state index contributed by atoms with van der Waals surface area (Å²) in [5.41, 5.74) is -0.574. The molecule has 206 valence electrons. The molecule has 1 atom stereocenters. The number of amides is 2. The first kappa shape index (κ1) is 35.5. The Morgan fingerprint density at radius 3 is 1.86 bits per heavy atom. The number of rotatable bonds is 10. The molecule has 9 heteroatoms. The molecule has 0 aliphatic heterocycles. The molecule has 0 radical (unpaired) electrons. The van der Waals surface area contributed by atoms with Gasteiger partial charge in [-0.1, -0.05) is 63.3 Å². The maximum Gasteiger partial charge on any atom is 0.416 e. The van der Waals surface area contributed by atoms with E-state index in [0.29, 0.717) is 11.5 Å². The first-order valence-electron chi connectivity index (χ1n) is 11.6. The van der Waals surface area contributed by atoms with E-state index in [1.165, 1.54) is 26.0 Å². The molecule has 0 aromatic carbocycles. The van der Waals surface area contributed by atoms with Gasteiger partial charge in [-0.15, -0.1) is 0 Å². The van der Waals surface area contributed by atoms with Gasteiger partial charge in [0.1, 0.15) is 0 Å². The average Bonchev–Trinajstić information content (AvgIpc) is 2.71. The third-order valence-corrected chi connectivity index (χ3v) is 4.73. The fourth-order valence-electron chi connectivity index (χ4n) is 2.65. The summed E-state index contributed by atoms with van der Waals surface area (Å²) in [6, 6.07) is -0.503. The molecule has 0 rings (SSSR count). The normalized spacial score (nSPS) is 13.6. The Kier molecular flexibility index (Phi) is 16.6. The number of alkyl halides is 6. The lowest BCUT2D eigenvalue weighted by atomic mass is 10.0. The quantitative estimate of drug-likeness (QED) is 0.218. The van der Waals surface area contributed by atoms with Crippen molar-refractivity contribution in [2.24, 2.45) is 5.92 Å². The van der Waals surface area contributed by atoms with Gasteiger partial charge in [-0.2, -0.15) is 26.3 Å². The Balaban J connectivity index is 0. The minimum Gasteiger partial charge on any atom is -0.335 e. The molecule has 0 aliphatic carbocycles. The molecule has 0 aromatic rings. The molecular weight excluding hydrogens is 482 g/mol. The maximum atomic E-state index is 12.7. The van der Waals surface area contributed by atoms with Crippen molar-refractivity contribution >= 4 is 6.03 Å². The van der Waals surface area contributed by atoms with Crippen LogP contribution in [0.5, 0.6) is 0 Å². The van der Waals surface area contributed by atoms with Gasteiger partial charge >= 0.3 is 18.4 Å². The van der Waals surface area contributed by atoms with E-state index in [1.54, 1.807) is 13.8 Å². The van der Waals surface area contributed by atoms with Crippen LogP contribution in [0.15, 0.2) is 71.5 Å². The van der Waals surface area contributed by atoms with Crippen molar-refractivity contribution in [2.45, 2.75) is 86.1 Å². The molecular formula is C27H40F6N2O. The lowest BCUT2D eigenvalue weighted by Crippen LogP contribution is -2.41. The fourth-order valence-corrected chi connectivity index (χ4v) is 2.65. The number of hydrogen-bond acceptors (Lipinski definition) is 1. The van der Waals surface area contributed by atoms with Crippen LogP contribution >= 0.6 is 0 Å². The van der Waals surface area contributed by atoms with Gasteiger partial charge in [-0.25, -0.2) is 4.79 Å². The average molecular weight is 523 g/mol. The van der Waals surface area contributed by atoms with Crippen LogP contribution in [0.3, 0.4) is 0 Å². The molecule has 0 saturated heterocycles. The minimum absolute atomic E-state index is 0.000904. The molecule has 0 heterocycles. The van der Waals surface area contributed by atoms with Crippen molar-refractivity contribution in [3.63, 3.8) is 0 Å². The van der Waals surface area contributed by atoms with Crippen molar-refractivity contribution in [3.8, 4) is 0 Å². The van der Waals surface area contributed by atoms with Crippen molar-refractivity contribution < 1.29 is 31.1 Å². The zero-order chi connectivity index (χ0) is 28.7. The highest BCUT2D eigenvalue weighted by Crippen LogP contribution is 2.29. The van der Waals surface area contributed by atoms with E-state index in [-0.39, 0.29) is 17.3 Å². The first-order chi connectivity index (χ1) is 16.4. The Labute approximate surface area is 211 Å². The van der Waals surface area contributed by atoms with Crippen LogP contribution in [0, 0.1) is 5.92 Å². The lowest BCUT2D eigenvalue weighted by Gasteiger charge is -2.19. The first-order valence-corrected chi connectivity index (χ1v) is 11.6. The van der Waals surface area contributed by atoms with Crippen LogP contribution in [0.4, 0.5) is 31.1 Å². The van der Waals surface area contributed by atoms with Crippen molar-refractivity contribution in [3.05, 3.63) is 71.5 Å². The molecule has 2 amide bonds. The van der Waals surface area contributed by atoms with Gasteiger partial charge in [0, 0.05) is 11.7 Å². The Morgan fingerprint density at radius 2 is 1.53 bits per heavy atom. The van der Waals surface area contributed by atoms with Crippen LogP contribution < -0.4 is 10.6 Å². The molecule has 0 bridgehead atoms. The van der Waals surface area contributed by atoms with Gasteiger partial charge in [0.05, 0.1) is 11.1 Å². The summed E-state index contributed by atoms with van der Waals surface area (Å²) in [5.74, 6) is 0.532. The van der Waals surface area contributed by atoms with Gasteiger partial charge < -0.3 is 10.6 Å². The summed E-state index contributed by atoms with van der Waals surface area (Å²) in [6.07, 6.45) is -0.795. The summed E-state index contributed by atoms with van der Waals surface area (Å²) in [5, 5.41) is 5.23. The third kappa shape index (κ3) is 16.8. The van der Waals surface area contributed by atoms with Crippen molar-refractivity contribution in [2.75, 3.05) is 0 Å².